The van der Waals surface area contributed by atoms with Crippen molar-refractivity contribution in [3.8, 4) is 16.9 Å². The van der Waals surface area contributed by atoms with Gasteiger partial charge in [0.15, 0.2) is 9.84 Å². The molecule has 0 atom stereocenters. The van der Waals surface area contributed by atoms with Crippen molar-refractivity contribution in [2.45, 2.75) is 23.7 Å². The molecule has 160 valence electrons. The Balaban J connectivity index is 1.72. The fraction of sp³-hybridized carbons (Fsp3) is 0.217. The minimum atomic E-state index is -3.47. The second kappa shape index (κ2) is 8.11. The van der Waals surface area contributed by atoms with E-state index in [2.05, 4.69) is 10.3 Å². The Hall–Kier alpha value is -3.26. The lowest BCUT2D eigenvalue weighted by Gasteiger charge is -2.14. The third-order valence-corrected chi connectivity index (χ3v) is 6.28. The molecule has 8 heteroatoms. The number of hydrogen-bond donors (Lipinski definition) is 1. The van der Waals surface area contributed by atoms with Crippen LogP contribution in [0.15, 0.2) is 59.8 Å². The SMILES string of the molecule is COc1cc(F)ccc1-c1ccncc1NC(=O)c1cc(C2CC2)cc(S(C)(=O)=O)c1. The van der Waals surface area contributed by atoms with Crippen LogP contribution in [0.5, 0.6) is 5.75 Å². The van der Waals surface area contributed by atoms with E-state index in [9.17, 15) is 17.6 Å². The Morgan fingerprint density at radius 2 is 1.90 bits per heavy atom. The first-order valence-electron chi connectivity index (χ1n) is 9.70. The fourth-order valence-corrected chi connectivity index (χ4v) is 4.12. The summed E-state index contributed by atoms with van der Waals surface area (Å²) in [6.45, 7) is 0. The first-order chi connectivity index (χ1) is 14.8. The summed E-state index contributed by atoms with van der Waals surface area (Å²) in [5.74, 6) is -0.296. The lowest BCUT2D eigenvalue weighted by atomic mass is 10.0. The second-order valence-electron chi connectivity index (χ2n) is 7.56. The van der Waals surface area contributed by atoms with Gasteiger partial charge in [-0.15, -0.1) is 0 Å². The molecule has 1 saturated carbocycles. The molecule has 31 heavy (non-hydrogen) atoms. The molecule has 0 bridgehead atoms. The van der Waals surface area contributed by atoms with Crippen molar-refractivity contribution in [2.24, 2.45) is 0 Å². The number of nitrogens with zero attached hydrogens (tertiary/aromatic N) is 1. The number of carbonyl (C=O) groups is 1. The quantitative estimate of drug-likeness (QED) is 0.613. The molecular weight excluding hydrogens is 419 g/mol. The molecule has 1 aromatic heterocycles. The maximum Gasteiger partial charge on any atom is 0.255 e. The van der Waals surface area contributed by atoms with Gasteiger partial charge in [-0.3, -0.25) is 9.78 Å². The summed E-state index contributed by atoms with van der Waals surface area (Å²) >= 11 is 0. The molecule has 3 aromatic rings. The predicted octanol–water partition coefficient (Wildman–Crippen LogP) is 4.43. The molecule has 0 unspecified atom stereocenters. The molecule has 6 nitrogen and oxygen atoms in total. The summed E-state index contributed by atoms with van der Waals surface area (Å²) < 4.78 is 43.1. The van der Waals surface area contributed by atoms with E-state index in [1.807, 2.05) is 0 Å². The second-order valence-corrected chi connectivity index (χ2v) is 9.57. The van der Waals surface area contributed by atoms with Gasteiger partial charge >= 0.3 is 0 Å². The largest absolute Gasteiger partial charge is 0.496 e. The Morgan fingerprint density at radius 3 is 2.58 bits per heavy atom. The van der Waals surface area contributed by atoms with Crippen LogP contribution < -0.4 is 10.1 Å². The van der Waals surface area contributed by atoms with Crippen molar-refractivity contribution in [3.05, 3.63) is 71.8 Å². The number of hydrogen-bond acceptors (Lipinski definition) is 5. The van der Waals surface area contributed by atoms with Crippen LogP contribution in [0, 0.1) is 5.82 Å². The van der Waals surface area contributed by atoms with Crippen molar-refractivity contribution in [2.75, 3.05) is 18.7 Å². The molecule has 0 spiro atoms. The highest BCUT2D eigenvalue weighted by Crippen LogP contribution is 2.41. The van der Waals surface area contributed by atoms with Crippen molar-refractivity contribution < 1.29 is 22.3 Å². The standard InChI is InChI=1S/C23H21FN2O4S/c1-30-22-12-17(24)5-6-20(22)19-7-8-25-13-21(19)26-23(27)16-9-15(14-3-4-14)10-18(11-16)31(2,28)29/h5-14H,3-4H2,1-2H3,(H,26,27). The average molecular weight is 440 g/mol. The van der Waals surface area contributed by atoms with Crippen molar-refractivity contribution in [1.82, 2.24) is 4.98 Å². The molecule has 1 aliphatic carbocycles. The number of rotatable bonds is 6. The highest BCUT2D eigenvalue weighted by atomic mass is 32.2. The Labute approximate surface area is 180 Å². The number of nitrogens with one attached hydrogen (secondary N) is 1. The van der Waals surface area contributed by atoms with E-state index in [0.717, 1.165) is 24.7 Å². The van der Waals surface area contributed by atoms with Gasteiger partial charge in [-0.05, 0) is 60.7 Å². The third kappa shape index (κ3) is 4.59. The Morgan fingerprint density at radius 1 is 1.13 bits per heavy atom. The van der Waals surface area contributed by atoms with Crippen molar-refractivity contribution >= 4 is 21.4 Å². The summed E-state index contributed by atoms with van der Waals surface area (Å²) in [5.41, 5.74) is 2.69. The van der Waals surface area contributed by atoms with Crippen LogP contribution in [0.2, 0.25) is 0 Å². The van der Waals surface area contributed by atoms with Crippen LogP contribution in [-0.4, -0.2) is 32.7 Å². The van der Waals surface area contributed by atoms with Gasteiger partial charge in [0, 0.05) is 35.2 Å². The fourth-order valence-electron chi connectivity index (χ4n) is 3.43. The van der Waals surface area contributed by atoms with Crippen LogP contribution in [0.1, 0.15) is 34.7 Å². The third-order valence-electron chi connectivity index (χ3n) is 5.19. The number of benzene rings is 2. The lowest BCUT2D eigenvalue weighted by Crippen LogP contribution is -2.14. The normalized spacial score (nSPS) is 13.6. The number of amides is 1. The number of ether oxygens (including phenoxy) is 1. The summed E-state index contributed by atoms with van der Waals surface area (Å²) in [4.78, 5) is 17.3. The molecule has 4 rings (SSSR count). The zero-order chi connectivity index (χ0) is 22.2. The van der Waals surface area contributed by atoms with Crippen LogP contribution >= 0.6 is 0 Å². The van der Waals surface area contributed by atoms with Crippen molar-refractivity contribution in [1.29, 1.82) is 0 Å². The first-order valence-corrected chi connectivity index (χ1v) is 11.6. The van der Waals surface area contributed by atoms with Gasteiger partial charge in [-0.1, -0.05) is 0 Å². The van der Waals surface area contributed by atoms with Gasteiger partial charge in [-0.25, -0.2) is 12.8 Å². The monoisotopic (exact) mass is 440 g/mol. The zero-order valence-corrected chi connectivity index (χ0v) is 17.9. The van der Waals surface area contributed by atoms with Gasteiger partial charge in [0.2, 0.25) is 0 Å². The number of anilines is 1. The first kappa shape index (κ1) is 21.0. The van der Waals surface area contributed by atoms with Crippen molar-refractivity contribution in [3.63, 3.8) is 0 Å². The molecule has 1 amide bonds. The molecule has 2 aromatic carbocycles. The van der Waals surface area contributed by atoms with E-state index in [4.69, 9.17) is 4.74 Å². The van der Waals surface area contributed by atoms with Gasteiger partial charge in [0.05, 0.1) is 23.9 Å². The van der Waals surface area contributed by atoms with Crippen LogP contribution in [0.3, 0.4) is 0 Å². The van der Waals surface area contributed by atoms with E-state index >= 15 is 0 Å². The number of pyridine rings is 1. The maximum atomic E-state index is 13.6. The molecule has 1 N–H and O–H groups in total. The number of halogens is 1. The van der Waals surface area contributed by atoms with Crippen LogP contribution in [0.4, 0.5) is 10.1 Å². The molecule has 0 saturated heterocycles. The summed E-state index contributed by atoms with van der Waals surface area (Å²) in [6.07, 6.45) is 6.12. The Kier molecular flexibility index (Phi) is 5.49. The lowest BCUT2D eigenvalue weighted by molar-refractivity contribution is 0.102. The van der Waals surface area contributed by atoms with Gasteiger partial charge in [0.25, 0.3) is 5.91 Å². The summed E-state index contributed by atoms with van der Waals surface area (Å²) in [6, 6.07) is 10.6. The van der Waals surface area contributed by atoms with E-state index < -0.39 is 21.6 Å². The summed E-state index contributed by atoms with van der Waals surface area (Å²) in [7, 11) is -2.03. The minimum Gasteiger partial charge on any atom is -0.496 e. The van der Waals surface area contributed by atoms with Gasteiger partial charge in [0.1, 0.15) is 11.6 Å². The highest BCUT2D eigenvalue weighted by molar-refractivity contribution is 7.90. The number of aromatic nitrogens is 1. The van der Waals surface area contributed by atoms with Crippen LogP contribution in [0.25, 0.3) is 11.1 Å². The van der Waals surface area contributed by atoms with E-state index in [1.165, 1.54) is 31.5 Å². The minimum absolute atomic E-state index is 0.119. The predicted molar refractivity (Wildman–Crippen MR) is 116 cm³/mol. The number of methoxy groups -OCH3 is 1. The zero-order valence-electron chi connectivity index (χ0n) is 17.1. The van der Waals surface area contributed by atoms with E-state index in [0.29, 0.717) is 22.6 Å². The van der Waals surface area contributed by atoms with Crippen LogP contribution in [-0.2, 0) is 9.84 Å². The van der Waals surface area contributed by atoms with E-state index in [-0.39, 0.29) is 16.4 Å². The Bertz CT molecular complexity index is 1270. The average Bonchev–Trinajstić information content (AvgIpc) is 3.59. The molecular formula is C23H21FN2O4S. The van der Waals surface area contributed by atoms with Gasteiger partial charge in [-0.2, -0.15) is 0 Å². The summed E-state index contributed by atoms with van der Waals surface area (Å²) in [5, 5.41) is 2.81. The molecule has 1 heterocycles. The van der Waals surface area contributed by atoms with Gasteiger partial charge < -0.3 is 10.1 Å². The molecule has 1 fully saturated rings. The molecule has 0 aliphatic heterocycles. The molecule has 1 aliphatic rings. The smallest absolute Gasteiger partial charge is 0.255 e. The topological polar surface area (TPSA) is 85.4 Å². The number of sulfone groups is 1. The van der Waals surface area contributed by atoms with E-state index in [1.54, 1.807) is 30.5 Å². The maximum absolute atomic E-state index is 13.6. The molecule has 0 radical (unpaired) electrons. The number of carbonyl (C=O) groups excluding carboxylic acids is 1. The highest BCUT2D eigenvalue weighted by Gasteiger charge is 2.26.